The molecule has 134 valence electrons. The van der Waals surface area contributed by atoms with Crippen molar-refractivity contribution >= 4 is 21.6 Å². The molecule has 6 heteroatoms. The van der Waals surface area contributed by atoms with Crippen LogP contribution in [0.4, 0.5) is 4.39 Å². The summed E-state index contributed by atoms with van der Waals surface area (Å²) >= 11 is 2.73. The van der Waals surface area contributed by atoms with Crippen LogP contribution in [-0.4, -0.2) is 25.5 Å². The van der Waals surface area contributed by atoms with Gasteiger partial charge < -0.3 is 14.3 Å². The van der Waals surface area contributed by atoms with E-state index in [1.807, 2.05) is 32.9 Å². The number of rotatable bonds is 10. The molecule has 0 unspecified atom stereocenters. The largest absolute Gasteiger partial charge is 0.493 e. The van der Waals surface area contributed by atoms with Gasteiger partial charge in [0.1, 0.15) is 24.7 Å². The summed E-state index contributed by atoms with van der Waals surface area (Å²) in [6.45, 7) is 9.07. The fourth-order valence-corrected chi connectivity index (χ4v) is 2.17. The summed E-state index contributed by atoms with van der Waals surface area (Å²) in [7, 11) is 0. The van der Waals surface area contributed by atoms with E-state index in [9.17, 15) is 4.39 Å². The van der Waals surface area contributed by atoms with Gasteiger partial charge in [0.25, 0.3) is 0 Å². The summed E-state index contributed by atoms with van der Waals surface area (Å²) in [4.78, 5) is 5.15. The lowest BCUT2D eigenvalue weighted by molar-refractivity contribution is 0.127. The number of hydrogen-bond donors (Lipinski definition) is 0. The van der Waals surface area contributed by atoms with E-state index in [2.05, 4.69) is 28.0 Å². The van der Waals surface area contributed by atoms with Crippen molar-refractivity contribution in [2.75, 3.05) is 19.8 Å². The first-order valence-corrected chi connectivity index (χ1v) is 8.76. The number of oxime groups is 1. The van der Waals surface area contributed by atoms with Crippen LogP contribution in [0.1, 0.15) is 38.3 Å². The Morgan fingerprint density at radius 1 is 1.25 bits per heavy atom. The van der Waals surface area contributed by atoms with E-state index in [-0.39, 0.29) is 6.61 Å². The van der Waals surface area contributed by atoms with E-state index in [4.69, 9.17) is 14.3 Å². The van der Waals surface area contributed by atoms with Crippen molar-refractivity contribution in [2.45, 2.75) is 40.5 Å². The summed E-state index contributed by atoms with van der Waals surface area (Å²) in [5.74, 6) is 1.58. The van der Waals surface area contributed by atoms with Gasteiger partial charge in [-0.15, -0.1) is 0 Å². The molecule has 1 rings (SSSR count). The summed E-state index contributed by atoms with van der Waals surface area (Å²) < 4.78 is 23.6. The molecule has 1 aromatic carbocycles. The smallest absolute Gasteiger partial charge is 0.165 e. The molecular formula is C18H25BrFNO3. The van der Waals surface area contributed by atoms with Crippen LogP contribution in [-0.2, 0) is 11.3 Å². The first-order chi connectivity index (χ1) is 11.4. The molecule has 0 aliphatic carbocycles. The van der Waals surface area contributed by atoms with Crippen molar-refractivity contribution in [3.8, 4) is 11.5 Å². The van der Waals surface area contributed by atoms with E-state index in [0.717, 1.165) is 35.4 Å². The number of nitrogens with zero attached hydrogens (tertiary/aromatic N) is 1. The zero-order chi connectivity index (χ0) is 17.9. The maximum absolute atomic E-state index is 12.6. The van der Waals surface area contributed by atoms with Crippen LogP contribution in [0.25, 0.3) is 0 Å². The van der Waals surface area contributed by atoms with Gasteiger partial charge in [0, 0.05) is 6.42 Å². The van der Waals surface area contributed by atoms with Crippen molar-refractivity contribution in [1.29, 1.82) is 0 Å². The first-order valence-electron chi connectivity index (χ1n) is 7.97. The van der Waals surface area contributed by atoms with Crippen molar-refractivity contribution in [3.63, 3.8) is 0 Å². The van der Waals surface area contributed by atoms with Gasteiger partial charge in [0.05, 0.1) is 12.3 Å². The lowest BCUT2D eigenvalue weighted by Gasteiger charge is -2.15. The maximum atomic E-state index is 12.6. The molecule has 0 N–H and O–H groups in total. The number of hydrogen-bond acceptors (Lipinski definition) is 4. The van der Waals surface area contributed by atoms with E-state index < -0.39 is 4.74 Å². The summed E-state index contributed by atoms with van der Waals surface area (Å²) in [6, 6.07) is 3.83. The molecule has 0 spiro atoms. The van der Waals surface area contributed by atoms with Gasteiger partial charge in [-0.2, -0.15) is 4.39 Å². The lowest BCUT2D eigenvalue weighted by atomic mass is 10.1. The fraction of sp³-hybridized carbons (Fsp3) is 0.500. The summed E-state index contributed by atoms with van der Waals surface area (Å²) in [6.07, 6.45) is 2.91. The van der Waals surface area contributed by atoms with Gasteiger partial charge in [-0.05, 0) is 72.5 Å². The summed E-state index contributed by atoms with van der Waals surface area (Å²) in [5.41, 5.74) is 2.96. The number of benzene rings is 1. The van der Waals surface area contributed by atoms with Gasteiger partial charge in [0.2, 0.25) is 0 Å². The van der Waals surface area contributed by atoms with Crippen molar-refractivity contribution in [2.24, 2.45) is 5.16 Å². The molecule has 0 radical (unpaired) electrons. The lowest BCUT2D eigenvalue weighted by Crippen LogP contribution is -2.05. The molecule has 0 amide bonds. The molecule has 0 fully saturated rings. The van der Waals surface area contributed by atoms with E-state index in [1.54, 1.807) is 0 Å². The molecule has 0 aromatic heterocycles. The average molecular weight is 402 g/mol. The van der Waals surface area contributed by atoms with Gasteiger partial charge in [-0.25, -0.2) is 0 Å². The minimum Gasteiger partial charge on any atom is -0.493 e. The first kappa shape index (κ1) is 20.5. The molecule has 0 saturated carbocycles. The third kappa shape index (κ3) is 7.81. The SMILES string of the molecule is CCc1cc(OC/C=C(/F)Br)cc(C)c1OCCCON=C(C)C. The van der Waals surface area contributed by atoms with Crippen LogP contribution in [0.2, 0.25) is 0 Å². The zero-order valence-electron chi connectivity index (χ0n) is 14.7. The Kier molecular flexibility index (Phi) is 9.45. The van der Waals surface area contributed by atoms with Gasteiger partial charge in [-0.1, -0.05) is 12.1 Å². The average Bonchev–Trinajstić information content (AvgIpc) is 2.51. The third-order valence-electron chi connectivity index (χ3n) is 3.07. The van der Waals surface area contributed by atoms with Gasteiger partial charge >= 0.3 is 0 Å². The maximum Gasteiger partial charge on any atom is 0.165 e. The molecule has 0 aliphatic heterocycles. The second-order valence-corrected chi connectivity index (χ2v) is 6.22. The minimum atomic E-state index is -0.431. The molecule has 24 heavy (non-hydrogen) atoms. The number of aryl methyl sites for hydroxylation is 2. The van der Waals surface area contributed by atoms with E-state index in [1.165, 1.54) is 6.08 Å². The van der Waals surface area contributed by atoms with Crippen LogP contribution in [0.15, 0.2) is 28.1 Å². The molecule has 0 aliphatic rings. The highest BCUT2D eigenvalue weighted by Gasteiger charge is 2.09. The molecular weight excluding hydrogens is 377 g/mol. The zero-order valence-corrected chi connectivity index (χ0v) is 16.3. The molecule has 1 aromatic rings. The monoisotopic (exact) mass is 401 g/mol. The predicted molar refractivity (Wildman–Crippen MR) is 99.0 cm³/mol. The molecule has 0 atom stereocenters. The predicted octanol–water partition coefficient (Wildman–Crippen LogP) is 5.32. The van der Waals surface area contributed by atoms with Crippen molar-refractivity contribution < 1.29 is 18.7 Å². The van der Waals surface area contributed by atoms with E-state index in [0.29, 0.717) is 19.0 Å². The van der Waals surface area contributed by atoms with Crippen LogP contribution in [0.5, 0.6) is 11.5 Å². The molecule has 4 nitrogen and oxygen atoms in total. The molecule has 0 heterocycles. The second-order valence-electron chi connectivity index (χ2n) is 5.46. The quantitative estimate of drug-likeness (QED) is 0.302. The number of ether oxygens (including phenoxy) is 2. The van der Waals surface area contributed by atoms with Gasteiger partial charge in [-0.3, -0.25) is 0 Å². The van der Waals surface area contributed by atoms with Crippen LogP contribution < -0.4 is 9.47 Å². The van der Waals surface area contributed by atoms with Crippen LogP contribution in [0.3, 0.4) is 0 Å². The highest BCUT2D eigenvalue weighted by molar-refractivity contribution is 9.11. The standard InChI is InChI=1S/C18H25BrFNO3/c1-5-15-12-16(22-10-7-17(19)20)11-14(4)18(15)23-8-6-9-24-21-13(2)3/h7,11-12H,5-6,8-10H2,1-4H3/b17-7+. The Labute approximate surface area is 151 Å². The fourth-order valence-electron chi connectivity index (χ4n) is 2.04. The Hall–Kier alpha value is -1.56. The normalized spacial score (nSPS) is 11.2. The van der Waals surface area contributed by atoms with Crippen LogP contribution in [0, 0.1) is 6.92 Å². The second kappa shape index (κ2) is 11.1. The molecule has 0 saturated heterocycles. The topological polar surface area (TPSA) is 40.0 Å². The van der Waals surface area contributed by atoms with Crippen molar-refractivity contribution in [1.82, 2.24) is 0 Å². The Morgan fingerprint density at radius 2 is 2.00 bits per heavy atom. The highest BCUT2D eigenvalue weighted by atomic mass is 79.9. The third-order valence-corrected chi connectivity index (χ3v) is 3.39. The molecule has 0 bridgehead atoms. The Balaban J connectivity index is 2.60. The Bertz CT molecular complexity index is 580. The van der Waals surface area contributed by atoms with Gasteiger partial charge in [0.15, 0.2) is 4.74 Å². The minimum absolute atomic E-state index is 0.175. The Morgan fingerprint density at radius 3 is 2.62 bits per heavy atom. The summed E-state index contributed by atoms with van der Waals surface area (Å²) in [5, 5.41) is 3.88. The van der Waals surface area contributed by atoms with E-state index >= 15 is 0 Å². The highest BCUT2D eigenvalue weighted by Crippen LogP contribution is 2.30. The van der Waals surface area contributed by atoms with Crippen molar-refractivity contribution in [3.05, 3.63) is 34.1 Å². The number of halogens is 2. The van der Waals surface area contributed by atoms with Crippen LogP contribution >= 0.6 is 15.9 Å².